The molecule has 0 aliphatic rings. The van der Waals surface area contributed by atoms with Crippen molar-refractivity contribution in [2.75, 3.05) is 72.5 Å². The Morgan fingerprint density at radius 2 is 0.629 bits per heavy atom. The number of phosphoric acid groups is 2. The Kier molecular flexibility index (Phi) is 90.2. The van der Waals surface area contributed by atoms with E-state index >= 15 is 0 Å². The molecule has 0 fully saturated rings. The van der Waals surface area contributed by atoms with Gasteiger partial charge < -0.3 is 73.8 Å². The SMILES string of the molecule is CCCCCC/C=C\CCCC(=O)O[C@H](CCCCCCC)CCOCC(COP(=O)([O-])OCCNC(=O)C(CCCCN)C(=O)NCCOP(=O)([O-])OCC(COCC[C@@H](CCCCCCC)OC(=O)CCC/C=C\CCCCCC)NC(=O)CCCCCCCCCCCCC)NC(=O)CCCCCCCCCCCCC.[Na+].[Na+]. The van der Waals surface area contributed by atoms with Gasteiger partial charge in [0, 0.05) is 51.6 Å². The first-order chi connectivity index (χ1) is 55.4. The van der Waals surface area contributed by atoms with Crippen LogP contribution in [0, 0.1) is 5.92 Å². The second kappa shape index (κ2) is 88.3. The van der Waals surface area contributed by atoms with E-state index < -0.39 is 71.9 Å². The fraction of sp³-hybridized carbons (Fsp3) is 0.888. The number of hydrogen-bond acceptors (Lipinski definition) is 19. The number of phosphoric ester groups is 2. The van der Waals surface area contributed by atoms with Crippen molar-refractivity contribution in [3.63, 3.8) is 0 Å². The predicted molar refractivity (Wildman–Crippen MR) is 458 cm³/mol. The number of esters is 2. The van der Waals surface area contributed by atoms with E-state index in [1.807, 2.05) is 0 Å². The molecule has 0 aromatic carbocycles. The third-order valence-electron chi connectivity index (χ3n) is 20.4. The van der Waals surface area contributed by atoms with Crippen molar-refractivity contribution in [3.05, 3.63) is 24.3 Å². The van der Waals surface area contributed by atoms with E-state index in [1.165, 1.54) is 141 Å². The summed E-state index contributed by atoms with van der Waals surface area (Å²) in [5.74, 6) is -3.80. The number of hydrogen-bond donors (Lipinski definition) is 5. The van der Waals surface area contributed by atoms with Crippen LogP contribution in [-0.2, 0) is 74.9 Å². The molecule has 0 aliphatic carbocycles. The molecule has 0 rings (SSSR count). The summed E-state index contributed by atoms with van der Waals surface area (Å²) in [5.41, 5.74) is 5.76. The summed E-state index contributed by atoms with van der Waals surface area (Å²) in [6, 6.07) is -1.77. The molecule has 0 radical (unpaired) electrons. The molecule has 0 aliphatic heterocycles. The molecule has 0 heterocycles. The number of amides is 4. The third kappa shape index (κ3) is 80.8. The largest absolute Gasteiger partial charge is 1.00 e. The van der Waals surface area contributed by atoms with Gasteiger partial charge in [0.1, 0.15) is 18.1 Å². The normalized spacial score (nSPS) is 13.9. The van der Waals surface area contributed by atoms with Crippen molar-refractivity contribution in [2.45, 2.75) is 432 Å². The summed E-state index contributed by atoms with van der Waals surface area (Å²) in [7, 11) is -10.1. The molecule has 670 valence electrons. The van der Waals surface area contributed by atoms with Gasteiger partial charge in [-0.25, -0.2) is 0 Å². The Labute approximate surface area is 750 Å². The molecule has 4 amide bonds. The van der Waals surface area contributed by atoms with E-state index in [9.17, 15) is 47.7 Å². The standard InChI is InChI=1S/C89H171N5O18P2.2Na/c1-7-13-19-25-29-33-35-39-41-47-53-62-84(95)93-79(75-105-71-66-81(59-51-45-23-17-11-5)111-86(97)64-55-49-43-37-31-27-21-15-9-3)77-109-113(101,102)107-73-69-91-88(99)83(61-57-58-68-90)89(100)92-70-74-108-114(103,104)110-78-80(94-85(96)63-54-48-42-40-36-34-30-26-20-14-8-2)76-106-72-67-82(60-52-46-24-18-12-6)112-87(98)65-56-50-44-38-32-28-22-16-10-4;;/h37-38,43-44,79-83H,7-36,39-42,45-78,90H2,1-6H3,(H,91,99)(H,92,100)(H,93,95)(H,94,96)(H,101,102)(H,103,104);;/q;2*+1/p-2/b43-37-,44-38-;;/t79?,80?,81-,82-,83?;;/m1../s1. The summed E-state index contributed by atoms with van der Waals surface area (Å²) in [6.07, 6.45) is 62.3. The van der Waals surface area contributed by atoms with Gasteiger partial charge in [0.2, 0.25) is 23.6 Å². The quantitative estimate of drug-likeness (QED) is 0.00943. The minimum absolute atomic E-state index is 0. The molecule has 4 unspecified atom stereocenters. The topological polar surface area (TPSA) is 331 Å². The molecule has 0 aromatic rings. The fourth-order valence-corrected chi connectivity index (χ4v) is 14.9. The molecule has 0 saturated heterocycles. The van der Waals surface area contributed by atoms with Crippen LogP contribution in [0.1, 0.15) is 408 Å². The van der Waals surface area contributed by atoms with Gasteiger partial charge in [-0.3, -0.25) is 37.9 Å². The van der Waals surface area contributed by atoms with Crippen molar-refractivity contribution in [1.82, 2.24) is 21.3 Å². The Morgan fingerprint density at radius 1 is 0.336 bits per heavy atom. The van der Waals surface area contributed by atoms with Crippen LogP contribution in [-0.4, -0.2) is 132 Å². The number of allylic oxidation sites excluding steroid dienone is 4. The molecule has 0 saturated carbocycles. The zero-order valence-corrected chi connectivity index (χ0v) is 80.9. The Balaban J connectivity index is -0.0000638. The molecule has 116 heavy (non-hydrogen) atoms. The van der Waals surface area contributed by atoms with Crippen molar-refractivity contribution < 1.29 is 144 Å². The van der Waals surface area contributed by atoms with Gasteiger partial charge in [0.25, 0.3) is 15.6 Å². The maximum Gasteiger partial charge on any atom is 1.00 e. The van der Waals surface area contributed by atoms with Crippen LogP contribution >= 0.6 is 15.6 Å². The van der Waals surface area contributed by atoms with Crippen molar-refractivity contribution in [2.24, 2.45) is 11.7 Å². The van der Waals surface area contributed by atoms with Crippen LogP contribution in [0.2, 0.25) is 0 Å². The van der Waals surface area contributed by atoms with Crippen molar-refractivity contribution in [3.8, 4) is 0 Å². The van der Waals surface area contributed by atoms with Gasteiger partial charge in [0.05, 0.1) is 64.9 Å². The number of rotatable bonds is 88. The number of nitrogens with one attached hydrogen (secondary N) is 4. The summed E-state index contributed by atoms with van der Waals surface area (Å²) in [6.45, 7) is 10.8. The van der Waals surface area contributed by atoms with E-state index in [2.05, 4.69) is 87.1 Å². The van der Waals surface area contributed by atoms with E-state index in [0.29, 0.717) is 83.6 Å². The van der Waals surface area contributed by atoms with Gasteiger partial charge in [-0.15, -0.1) is 0 Å². The second-order valence-corrected chi connectivity index (χ2v) is 34.3. The van der Waals surface area contributed by atoms with Gasteiger partial charge in [-0.1, -0.05) is 291 Å². The average molecular weight is 1710 g/mol. The van der Waals surface area contributed by atoms with Crippen LogP contribution in [0.5, 0.6) is 0 Å². The van der Waals surface area contributed by atoms with Gasteiger partial charge in [-0.05, 0) is 109 Å². The number of carbonyl (C=O) groups is 6. The summed E-state index contributed by atoms with van der Waals surface area (Å²) in [4.78, 5) is 107. The smallest absolute Gasteiger partial charge is 0.756 e. The average Bonchev–Trinajstić information content (AvgIpc) is 0.894. The number of carbonyl (C=O) groups excluding carboxylic acids is 6. The molecule has 0 bridgehead atoms. The molecular weight excluding hydrogens is 1530 g/mol. The van der Waals surface area contributed by atoms with Gasteiger partial charge in [-0.2, -0.15) is 0 Å². The van der Waals surface area contributed by atoms with Gasteiger partial charge >= 0.3 is 71.1 Å². The molecule has 0 aromatic heterocycles. The first-order valence-corrected chi connectivity index (χ1v) is 49.2. The zero-order chi connectivity index (χ0) is 83.7. The van der Waals surface area contributed by atoms with Crippen LogP contribution in [0.25, 0.3) is 0 Å². The Hall–Kier alpha value is -1.60. The van der Waals surface area contributed by atoms with Crippen LogP contribution in [0.15, 0.2) is 24.3 Å². The molecule has 27 heteroatoms. The number of unbranched alkanes of at least 4 members (excludes halogenated alkanes) is 39. The van der Waals surface area contributed by atoms with Gasteiger partial charge in [0.15, 0.2) is 0 Å². The molecule has 23 nitrogen and oxygen atoms in total. The third-order valence-corrected chi connectivity index (χ3v) is 22.4. The first kappa shape index (κ1) is 119. The molecule has 6 N–H and O–H groups in total. The second-order valence-electron chi connectivity index (χ2n) is 31.5. The van der Waals surface area contributed by atoms with E-state index in [1.54, 1.807) is 0 Å². The van der Waals surface area contributed by atoms with Crippen molar-refractivity contribution in [1.29, 1.82) is 0 Å². The summed E-state index contributed by atoms with van der Waals surface area (Å²) < 4.78 is 71.6. The molecule has 6 atom stereocenters. The monoisotopic (exact) mass is 1700 g/mol. The summed E-state index contributed by atoms with van der Waals surface area (Å²) >= 11 is 0. The summed E-state index contributed by atoms with van der Waals surface area (Å²) in [5, 5.41) is 10.9. The zero-order valence-electron chi connectivity index (χ0n) is 75.1. The minimum atomic E-state index is -5.04. The van der Waals surface area contributed by atoms with E-state index in [4.69, 9.17) is 42.8 Å². The molecule has 0 spiro atoms. The maximum absolute atomic E-state index is 13.6. The maximum atomic E-state index is 13.6. The van der Waals surface area contributed by atoms with Crippen molar-refractivity contribution >= 4 is 51.2 Å². The van der Waals surface area contributed by atoms with Crippen LogP contribution in [0.3, 0.4) is 0 Å². The number of nitrogens with two attached hydrogens (primary N) is 1. The predicted octanol–water partition coefficient (Wildman–Crippen LogP) is 14.1. The fourth-order valence-electron chi connectivity index (χ4n) is 13.4. The van der Waals surface area contributed by atoms with Crippen LogP contribution in [0.4, 0.5) is 0 Å². The van der Waals surface area contributed by atoms with Crippen LogP contribution < -0.4 is 95.9 Å². The van der Waals surface area contributed by atoms with E-state index in [0.717, 1.165) is 128 Å². The Bertz CT molecular complexity index is 2290. The first-order valence-electron chi connectivity index (χ1n) is 46.3. The Morgan fingerprint density at radius 3 is 0.957 bits per heavy atom. The van der Waals surface area contributed by atoms with E-state index in [-0.39, 0.29) is 154 Å². The molecular formula is C89H169N5Na2O18P2. The minimum Gasteiger partial charge on any atom is -0.756 e. The number of ether oxygens (including phenoxy) is 4.